The van der Waals surface area contributed by atoms with Crippen molar-refractivity contribution in [2.75, 3.05) is 7.11 Å². The van der Waals surface area contributed by atoms with Gasteiger partial charge in [-0.2, -0.15) is 13.2 Å². The summed E-state index contributed by atoms with van der Waals surface area (Å²) in [5, 5.41) is 0. The molecular weight excluding hydrogens is 503 g/mol. The standard InChI is InChI=1S/C32H34F3NO3/c1-3-4-6-9-24-12-14-27(15-13-24)23-36(29(31(38)39-2)22-26-10-7-5-8-11-26)30(37)21-18-25-16-19-28(20-17-25)32(33,34)35/h5,7-8,10-21,29H,3-4,6,9,22-23H2,1-2H3/b21-18+/t29-/m0/s1. The number of benzene rings is 3. The smallest absolute Gasteiger partial charge is 0.416 e. The van der Waals surface area contributed by atoms with Crippen LogP contribution in [0.4, 0.5) is 13.2 Å². The van der Waals surface area contributed by atoms with Crippen LogP contribution >= 0.6 is 0 Å². The number of unbranched alkanes of at least 4 members (excludes halogenated alkanes) is 2. The zero-order valence-corrected chi connectivity index (χ0v) is 22.3. The van der Waals surface area contributed by atoms with Crippen LogP contribution in [0.25, 0.3) is 6.08 Å². The number of methoxy groups -OCH3 is 1. The fraction of sp³-hybridized carbons (Fsp3) is 0.312. The Kier molecular flexibility index (Phi) is 10.9. The van der Waals surface area contributed by atoms with Crippen molar-refractivity contribution in [1.82, 2.24) is 4.90 Å². The van der Waals surface area contributed by atoms with E-state index >= 15 is 0 Å². The van der Waals surface area contributed by atoms with Crippen LogP contribution in [0.3, 0.4) is 0 Å². The number of hydrogen-bond donors (Lipinski definition) is 0. The lowest BCUT2D eigenvalue weighted by Crippen LogP contribution is -2.46. The van der Waals surface area contributed by atoms with Gasteiger partial charge in [0.05, 0.1) is 12.7 Å². The average molecular weight is 538 g/mol. The van der Waals surface area contributed by atoms with E-state index in [0.717, 1.165) is 48.9 Å². The molecular formula is C32H34F3NO3. The molecule has 3 rings (SSSR count). The molecule has 1 atom stereocenters. The topological polar surface area (TPSA) is 46.6 Å². The SMILES string of the molecule is CCCCCc1ccc(CN(C(=O)/C=C/c2ccc(C(F)(F)F)cc2)[C@@H](Cc2ccccc2)C(=O)OC)cc1. The van der Waals surface area contributed by atoms with E-state index in [9.17, 15) is 22.8 Å². The summed E-state index contributed by atoms with van der Waals surface area (Å²) in [4.78, 5) is 27.9. The monoisotopic (exact) mass is 537 g/mol. The van der Waals surface area contributed by atoms with Crippen molar-refractivity contribution in [1.29, 1.82) is 0 Å². The maximum Gasteiger partial charge on any atom is 0.416 e. The number of carbonyl (C=O) groups is 2. The quantitative estimate of drug-likeness (QED) is 0.139. The van der Waals surface area contributed by atoms with Crippen molar-refractivity contribution in [3.05, 3.63) is 113 Å². The summed E-state index contributed by atoms with van der Waals surface area (Å²) in [6.07, 6.45) is 2.93. The molecule has 0 spiro atoms. The first-order valence-electron chi connectivity index (χ1n) is 13.1. The third-order valence-electron chi connectivity index (χ3n) is 6.51. The number of ether oxygens (including phenoxy) is 1. The summed E-state index contributed by atoms with van der Waals surface area (Å²) in [6.45, 7) is 2.33. The minimum atomic E-state index is -4.44. The molecule has 0 saturated heterocycles. The normalized spacial score (nSPS) is 12.3. The first kappa shape index (κ1) is 29.7. The molecule has 0 aliphatic rings. The second kappa shape index (κ2) is 14.3. The molecule has 3 aromatic rings. The molecule has 4 nitrogen and oxygen atoms in total. The molecule has 206 valence electrons. The van der Waals surface area contributed by atoms with Crippen LogP contribution in [0.15, 0.2) is 84.9 Å². The summed E-state index contributed by atoms with van der Waals surface area (Å²) in [5.41, 5.74) is 2.60. The summed E-state index contributed by atoms with van der Waals surface area (Å²) in [7, 11) is 1.28. The van der Waals surface area contributed by atoms with Crippen molar-refractivity contribution in [3.63, 3.8) is 0 Å². The minimum Gasteiger partial charge on any atom is -0.467 e. The Bertz CT molecular complexity index is 1220. The molecule has 1 amide bonds. The average Bonchev–Trinajstić information content (AvgIpc) is 2.94. The van der Waals surface area contributed by atoms with Crippen LogP contribution in [-0.2, 0) is 39.9 Å². The number of hydrogen-bond acceptors (Lipinski definition) is 3. The number of carbonyl (C=O) groups excluding carboxylic acids is 2. The lowest BCUT2D eigenvalue weighted by molar-refractivity contribution is -0.151. The molecule has 0 heterocycles. The first-order chi connectivity index (χ1) is 18.7. The molecule has 0 bridgehead atoms. The molecule has 7 heteroatoms. The molecule has 0 aliphatic carbocycles. The Labute approximate surface area is 228 Å². The molecule has 0 radical (unpaired) electrons. The highest BCUT2D eigenvalue weighted by Gasteiger charge is 2.31. The van der Waals surface area contributed by atoms with Crippen LogP contribution in [-0.4, -0.2) is 29.9 Å². The molecule has 39 heavy (non-hydrogen) atoms. The highest BCUT2D eigenvalue weighted by atomic mass is 19.4. The minimum absolute atomic E-state index is 0.165. The van der Waals surface area contributed by atoms with Gasteiger partial charge in [0.2, 0.25) is 5.91 Å². The second-order valence-corrected chi connectivity index (χ2v) is 9.42. The summed E-state index contributed by atoms with van der Waals surface area (Å²) in [6, 6.07) is 21.0. The van der Waals surface area contributed by atoms with E-state index in [2.05, 4.69) is 6.92 Å². The van der Waals surface area contributed by atoms with E-state index in [1.54, 1.807) is 0 Å². The third-order valence-corrected chi connectivity index (χ3v) is 6.51. The summed E-state index contributed by atoms with van der Waals surface area (Å²) >= 11 is 0. The van der Waals surface area contributed by atoms with Gasteiger partial charge in [-0.1, -0.05) is 86.5 Å². The van der Waals surface area contributed by atoms with E-state index in [0.29, 0.717) is 5.56 Å². The van der Waals surface area contributed by atoms with E-state index in [4.69, 9.17) is 4.74 Å². The van der Waals surface area contributed by atoms with Gasteiger partial charge >= 0.3 is 12.1 Å². The van der Waals surface area contributed by atoms with Gasteiger partial charge in [0.25, 0.3) is 0 Å². The van der Waals surface area contributed by atoms with Crippen molar-refractivity contribution in [2.45, 2.75) is 57.8 Å². The van der Waals surface area contributed by atoms with Gasteiger partial charge in [-0.05, 0) is 53.3 Å². The molecule has 3 aromatic carbocycles. The maximum absolute atomic E-state index is 13.5. The lowest BCUT2D eigenvalue weighted by Gasteiger charge is -2.29. The van der Waals surface area contributed by atoms with Gasteiger partial charge in [-0.15, -0.1) is 0 Å². The van der Waals surface area contributed by atoms with Gasteiger partial charge in [-0.3, -0.25) is 4.79 Å². The Morgan fingerprint density at radius 1 is 0.872 bits per heavy atom. The number of rotatable bonds is 12. The molecule has 0 N–H and O–H groups in total. The third kappa shape index (κ3) is 9.13. The van der Waals surface area contributed by atoms with Crippen LogP contribution in [0.2, 0.25) is 0 Å². The molecule has 0 aromatic heterocycles. The number of esters is 1. The Morgan fingerprint density at radius 2 is 1.51 bits per heavy atom. The fourth-order valence-electron chi connectivity index (χ4n) is 4.27. The molecule has 0 unspecified atom stereocenters. The van der Waals surface area contributed by atoms with Crippen molar-refractivity contribution in [3.8, 4) is 0 Å². The van der Waals surface area contributed by atoms with Crippen LogP contribution in [0.1, 0.15) is 54.0 Å². The summed E-state index contributed by atoms with van der Waals surface area (Å²) < 4.78 is 43.8. The largest absolute Gasteiger partial charge is 0.467 e. The van der Waals surface area contributed by atoms with E-state index in [1.807, 2.05) is 54.6 Å². The highest BCUT2D eigenvalue weighted by Crippen LogP contribution is 2.29. The van der Waals surface area contributed by atoms with Crippen LogP contribution in [0, 0.1) is 0 Å². The van der Waals surface area contributed by atoms with Crippen LogP contribution in [0.5, 0.6) is 0 Å². The molecule has 0 fully saturated rings. The highest BCUT2D eigenvalue weighted by molar-refractivity contribution is 5.94. The van der Waals surface area contributed by atoms with Crippen molar-refractivity contribution in [2.24, 2.45) is 0 Å². The Balaban J connectivity index is 1.87. The number of alkyl halides is 3. The lowest BCUT2D eigenvalue weighted by atomic mass is 10.0. The predicted octanol–water partition coefficient (Wildman–Crippen LogP) is 7.26. The number of halogens is 3. The van der Waals surface area contributed by atoms with E-state index in [-0.39, 0.29) is 13.0 Å². The zero-order valence-electron chi connectivity index (χ0n) is 22.3. The number of amides is 1. The fourth-order valence-corrected chi connectivity index (χ4v) is 4.27. The van der Waals surface area contributed by atoms with Crippen LogP contribution < -0.4 is 0 Å². The first-order valence-corrected chi connectivity index (χ1v) is 13.1. The van der Waals surface area contributed by atoms with Gasteiger partial charge in [-0.25, -0.2) is 4.79 Å². The molecule has 0 saturated carbocycles. The maximum atomic E-state index is 13.5. The van der Waals surface area contributed by atoms with Crippen molar-refractivity contribution >= 4 is 18.0 Å². The van der Waals surface area contributed by atoms with Gasteiger partial charge < -0.3 is 9.64 Å². The Morgan fingerprint density at radius 3 is 2.10 bits per heavy atom. The molecule has 0 aliphatic heterocycles. The van der Waals surface area contributed by atoms with Crippen molar-refractivity contribution < 1.29 is 27.5 Å². The number of nitrogens with zero attached hydrogens (tertiary/aromatic N) is 1. The Hall–Kier alpha value is -3.87. The van der Waals surface area contributed by atoms with Gasteiger partial charge in [0, 0.05) is 19.0 Å². The van der Waals surface area contributed by atoms with Gasteiger partial charge in [0.15, 0.2) is 0 Å². The van der Waals surface area contributed by atoms with E-state index in [1.165, 1.54) is 41.9 Å². The zero-order chi connectivity index (χ0) is 28.3. The van der Waals surface area contributed by atoms with Gasteiger partial charge in [0.1, 0.15) is 6.04 Å². The predicted molar refractivity (Wildman–Crippen MR) is 147 cm³/mol. The van der Waals surface area contributed by atoms with E-state index < -0.39 is 29.7 Å². The number of aryl methyl sites for hydroxylation is 1. The second-order valence-electron chi connectivity index (χ2n) is 9.42. The summed E-state index contributed by atoms with van der Waals surface area (Å²) in [5.74, 6) is -1.00.